The zero-order chi connectivity index (χ0) is 17.3. The van der Waals surface area contributed by atoms with Crippen molar-refractivity contribution >= 4 is 18.8 Å². The third-order valence-electron chi connectivity index (χ3n) is 3.32. The number of para-hydroxylation sites is 1. The van der Waals surface area contributed by atoms with Crippen molar-refractivity contribution in [2.75, 3.05) is 7.11 Å². The van der Waals surface area contributed by atoms with Crippen molar-refractivity contribution < 1.29 is 28.0 Å². The molecule has 124 valence electrons. The molecule has 0 unspecified atom stereocenters. The molecule has 0 aliphatic carbocycles. The van der Waals surface area contributed by atoms with Gasteiger partial charge in [0, 0.05) is 5.56 Å². The predicted octanol–water partition coefficient (Wildman–Crippen LogP) is 2.94. The minimum absolute atomic E-state index is 0.0651. The second kappa shape index (κ2) is 6.13. The minimum Gasteiger partial charge on any atom is -0.497 e. The van der Waals surface area contributed by atoms with E-state index in [-0.39, 0.29) is 16.7 Å². The SMILES string of the molecule is COc1ccc(-c2oc3ccccc3c(=O)c2OP(=O)(O)O)cc1. The average molecular weight is 348 g/mol. The van der Waals surface area contributed by atoms with E-state index in [0.29, 0.717) is 11.3 Å². The lowest BCUT2D eigenvalue weighted by molar-refractivity contribution is 0.280. The third-order valence-corrected chi connectivity index (χ3v) is 3.74. The first-order valence-corrected chi connectivity index (χ1v) is 8.37. The summed E-state index contributed by atoms with van der Waals surface area (Å²) in [6.45, 7) is 0. The monoisotopic (exact) mass is 348 g/mol. The number of benzene rings is 2. The fraction of sp³-hybridized carbons (Fsp3) is 0.0625. The van der Waals surface area contributed by atoms with Crippen LogP contribution in [0.4, 0.5) is 0 Å². The van der Waals surface area contributed by atoms with Gasteiger partial charge < -0.3 is 13.7 Å². The molecule has 0 radical (unpaired) electrons. The molecule has 0 saturated heterocycles. The molecule has 0 spiro atoms. The first-order valence-electron chi connectivity index (χ1n) is 6.84. The predicted molar refractivity (Wildman–Crippen MR) is 87.1 cm³/mol. The second-order valence-corrected chi connectivity index (χ2v) is 6.06. The Kier molecular flexibility index (Phi) is 4.15. The summed E-state index contributed by atoms with van der Waals surface area (Å²) in [6, 6.07) is 12.8. The van der Waals surface area contributed by atoms with E-state index in [1.165, 1.54) is 13.2 Å². The Hall–Kier alpha value is -2.60. The lowest BCUT2D eigenvalue weighted by Crippen LogP contribution is -2.08. The van der Waals surface area contributed by atoms with Crippen molar-refractivity contribution in [3.63, 3.8) is 0 Å². The summed E-state index contributed by atoms with van der Waals surface area (Å²) in [4.78, 5) is 30.8. The quantitative estimate of drug-likeness (QED) is 0.698. The van der Waals surface area contributed by atoms with Crippen molar-refractivity contribution in [2.45, 2.75) is 0 Å². The normalized spacial score (nSPS) is 11.5. The maximum atomic E-state index is 12.6. The molecule has 0 atom stereocenters. The van der Waals surface area contributed by atoms with Gasteiger partial charge in [0.15, 0.2) is 5.76 Å². The van der Waals surface area contributed by atoms with Crippen LogP contribution in [0.1, 0.15) is 0 Å². The van der Waals surface area contributed by atoms with E-state index in [2.05, 4.69) is 4.52 Å². The van der Waals surface area contributed by atoms with Gasteiger partial charge in [-0.25, -0.2) is 4.57 Å². The second-order valence-electron chi connectivity index (χ2n) is 4.90. The van der Waals surface area contributed by atoms with Crippen molar-refractivity contribution in [1.29, 1.82) is 0 Å². The topological polar surface area (TPSA) is 106 Å². The summed E-state index contributed by atoms with van der Waals surface area (Å²) in [7, 11) is -3.43. The van der Waals surface area contributed by atoms with Crippen LogP contribution in [0.25, 0.3) is 22.3 Å². The van der Waals surface area contributed by atoms with Crippen molar-refractivity contribution in [3.05, 3.63) is 58.8 Å². The lowest BCUT2D eigenvalue weighted by atomic mass is 10.1. The molecule has 8 heteroatoms. The molecule has 0 fully saturated rings. The number of hydrogen-bond acceptors (Lipinski definition) is 5. The molecular formula is C16H13O7P. The lowest BCUT2D eigenvalue weighted by Gasteiger charge is -2.12. The molecule has 24 heavy (non-hydrogen) atoms. The van der Waals surface area contributed by atoms with Crippen LogP contribution in [0.5, 0.6) is 11.5 Å². The van der Waals surface area contributed by atoms with Gasteiger partial charge in [-0.1, -0.05) is 12.1 Å². The summed E-state index contributed by atoms with van der Waals surface area (Å²) in [6.07, 6.45) is 0. The van der Waals surface area contributed by atoms with E-state index in [4.69, 9.17) is 18.9 Å². The van der Waals surface area contributed by atoms with Crippen LogP contribution in [-0.2, 0) is 4.57 Å². The maximum absolute atomic E-state index is 12.6. The largest absolute Gasteiger partial charge is 0.525 e. The summed E-state index contributed by atoms with van der Waals surface area (Å²) in [5.74, 6) is -0.0174. The number of phosphoric ester groups is 1. The molecule has 0 bridgehead atoms. The van der Waals surface area contributed by atoms with Crippen LogP contribution >= 0.6 is 7.82 Å². The summed E-state index contributed by atoms with van der Waals surface area (Å²) in [5.41, 5.74) is 0.0412. The summed E-state index contributed by atoms with van der Waals surface area (Å²) >= 11 is 0. The molecule has 0 aliphatic heterocycles. The van der Waals surface area contributed by atoms with Gasteiger partial charge in [-0.05, 0) is 36.4 Å². The fourth-order valence-electron chi connectivity index (χ4n) is 2.26. The van der Waals surface area contributed by atoms with Crippen molar-refractivity contribution in [3.8, 4) is 22.8 Å². The highest BCUT2D eigenvalue weighted by Crippen LogP contribution is 2.41. The fourth-order valence-corrected chi connectivity index (χ4v) is 2.66. The van der Waals surface area contributed by atoms with Crippen LogP contribution in [0, 0.1) is 0 Å². The first-order chi connectivity index (χ1) is 11.4. The first kappa shape index (κ1) is 16.3. The molecule has 0 aliphatic rings. The third kappa shape index (κ3) is 3.19. The highest BCUT2D eigenvalue weighted by atomic mass is 31.2. The van der Waals surface area contributed by atoms with Gasteiger partial charge in [-0.3, -0.25) is 14.6 Å². The Labute approximate surface area is 136 Å². The van der Waals surface area contributed by atoms with Crippen LogP contribution in [0.3, 0.4) is 0 Å². The number of ether oxygens (including phenoxy) is 1. The van der Waals surface area contributed by atoms with E-state index in [1.807, 2.05) is 0 Å². The van der Waals surface area contributed by atoms with Gasteiger partial charge in [0.05, 0.1) is 12.5 Å². The standard InChI is InChI=1S/C16H13O7P/c1-21-11-8-6-10(7-9-11)15-16(23-24(18,19)20)14(17)12-4-2-3-5-13(12)22-15/h2-9H,1H3,(H2,18,19,20). The molecule has 1 aromatic heterocycles. The number of rotatable bonds is 4. The Bertz CT molecular complexity index is 985. The molecule has 3 aromatic rings. The Morgan fingerprint density at radius 3 is 2.33 bits per heavy atom. The Balaban J connectivity index is 2.29. The van der Waals surface area contributed by atoms with Crippen molar-refractivity contribution in [1.82, 2.24) is 0 Å². The highest BCUT2D eigenvalue weighted by Gasteiger charge is 2.25. The number of fused-ring (bicyclic) bond motifs is 1. The number of methoxy groups -OCH3 is 1. The molecule has 3 rings (SSSR count). The molecule has 1 heterocycles. The number of hydrogen-bond donors (Lipinski definition) is 2. The van der Waals surface area contributed by atoms with Gasteiger partial charge >= 0.3 is 7.82 Å². The molecular weight excluding hydrogens is 335 g/mol. The maximum Gasteiger partial charge on any atom is 0.525 e. The molecule has 2 N–H and O–H groups in total. The smallest absolute Gasteiger partial charge is 0.497 e. The molecule has 0 saturated carbocycles. The van der Waals surface area contributed by atoms with Gasteiger partial charge in [0.1, 0.15) is 11.3 Å². The van der Waals surface area contributed by atoms with Gasteiger partial charge in [0.2, 0.25) is 11.2 Å². The van der Waals surface area contributed by atoms with Crippen LogP contribution in [0.15, 0.2) is 57.7 Å². The van der Waals surface area contributed by atoms with E-state index in [1.54, 1.807) is 42.5 Å². The molecule has 7 nitrogen and oxygen atoms in total. The Morgan fingerprint density at radius 2 is 1.71 bits per heavy atom. The van der Waals surface area contributed by atoms with E-state index in [0.717, 1.165) is 0 Å². The summed E-state index contributed by atoms with van der Waals surface area (Å²) in [5, 5.41) is 0.165. The van der Waals surface area contributed by atoms with Crippen LogP contribution < -0.4 is 14.7 Å². The highest BCUT2D eigenvalue weighted by molar-refractivity contribution is 7.46. The zero-order valence-electron chi connectivity index (χ0n) is 12.5. The van der Waals surface area contributed by atoms with Crippen molar-refractivity contribution in [2.24, 2.45) is 0 Å². The molecule has 2 aromatic carbocycles. The Morgan fingerprint density at radius 1 is 1.04 bits per heavy atom. The van der Waals surface area contributed by atoms with Crippen LogP contribution in [-0.4, -0.2) is 16.9 Å². The minimum atomic E-state index is -4.94. The summed E-state index contributed by atoms with van der Waals surface area (Å²) < 4.78 is 26.6. The molecule has 0 amide bonds. The van der Waals surface area contributed by atoms with Crippen LogP contribution in [0.2, 0.25) is 0 Å². The van der Waals surface area contributed by atoms with Gasteiger partial charge in [-0.15, -0.1) is 0 Å². The van der Waals surface area contributed by atoms with Gasteiger partial charge in [-0.2, -0.15) is 0 Å². The van der Waals surface area contributed by atoms with E-state index in [9.17, 15) is 9.36 Å². The number of phosphoric acid groups is 1. The zero-order valence-corrected chi connectivity index (χ0v) is 13.4. The van der Waals surface area contributed by atoms with E-state index >= 15 is 0 Å². The average Bonchev–Trinajstić information content (AvgIpc) is 2.56. The van der Waals surface area contributed by atoms with E-state index < -0.39 is 19.0 Å². The van der Waals surface area contributed by atoms with Gasteiger partial charge in [0.25, 0.3) is 0 Å².